The topological polar surface area (TPSA) is 83.0 Å². The van der Waals surface area contributed by atoms with Gasteiger partial charge in [-0.1, -0.05) is 12.1 Å². The van der Waals surface area contributed by atoms with Gasteiger partial charge in [0.25, 0.3) is 5.91 Å². The number of hydrogen-bond donors (Lipinski definition) is 3. The van der Waals surface area contributed by atoms with Crippen LogP contribution in [0.4, 0.5) is 8.78 Å². The van der Waals surface area contributed by atoms with Crippen molar-refractivity contribution in [2.45, 2.75) is 25.3 Å². The minimum Gasteiger partial charge on any atom is -0.504 e. The van der Waals surface area contributed by atoms with E-state index in [1.165, 1.54) is 12.3 Å². The molecule has 2 aromatic carbocycles. The van der Waals surface area contributed by atoms with Crippen molar-refractivity contribution < 1.29 is 23.4 Å². The molecule has 1 aliphatic carbocycles. The molecular formula is C20H21F2N3O3. The van der Waals surface area contributed by atoms with Crippen LogP contribution >= 0.6 is 0 Å². The Morgan fingerprint density at radius 3 is 2.89 bits per heavy atom. The van der Waals surface area contributed by atoms with Gasteiger partial charge in [-0.2, -0.15) is 5.10 Å². The fraction of sp³-hybridized carbons (Fsp3) is 0.300. The number of phenolic OH excluding ortho intramolecular Hbond substituents is 1. The number of para-hydroxylation sites is 1. The van der Waals surface area contributed by atoms with E-state index in [1.54, 1.807) is 24.3 Å². The monoisotopic (exact) mass is 389 g/mol. The van der Waals surface area contributed by atoms with Crippen molar-refractivity contribution in [1.29, 1.82) is 0 Å². The first-order valence-corrected chi connectivity index (χ1v) is 8.94. The highest BCUT2D eigenvalue weighted by Gasteiger charge is 2.38. The molecule has 0 saturated heterocycles. The molecule has 1 aliphatic rings. The van der Waals surface area contributed by atoms with Crippen LogP contribution in [0.2, 0.25) is 0 Å². The van der Waals surface area contributed by atoms with Crippen LogP contribution in [0.1, 0.15) is 30.4 Å². The number of halogens is 2. The number of ether oxygens (including phenoxy) is 1. The molecule has 0 aromatic heterocycles. The maximum atomic E-state index is 13.3. The standard InChI is InChI=1S/C20H21F2N3O3/c1-2-28-18-5-3-4-13(20(18)27)10-24-25-19(26)11-23-17-9-14(17)12-6-7-15(21)16(22)8-12/h3-8,10,14,17,23,27H,2,9,11H2,1H3,(H,25,26)/b24-10+/t14-,17+/m0/s1. The number of hydrogen-bond acceptors (Lipinski definition) is 5. The molecule has 1 fully saturated rings. The predicted octanol–water partition coefficient (Wildman–Crippen LogP) is 2.66. The van der Waals surface area contributed by atoms with Crippen LogP contribution in [0, 0.1) is 11.6 Å². The van der Waals surface area contributed by atoms with Gasteiger partial charge in [-0.25, -0.2) is 14.2 Å². The lowest BCUT2D eigenvalue weighted by molar-refractivity contribution is -0.120. The van der Waals surface area contributed by atoms with Crippen LogP contribution in [0.3, 0.4) is 0 Å². The Bertz CT molecular complexity index is 889. The van der Waals surface area contributed by atoms with E-state index in [4.69, 9.17) is 4.74 Å². The maximum Gasteiger partial charge on any atom is 0.254 e. The van der Waals surface area contributed by atoms with Gasteiger partial charge < -0.3 is 15.2 Å². The highest BCUT2D eigenvalue weighted by atomic mass is 19.2. The van der Waals surface area contributed by atoms with Gasteiger partial charge in [-0.05, 0) is 43.2 Å². The van der Waals surface area contributed by atoms with Gasteiger partial charge in [-0.15, -0.1) is 0 Å². The number of rotatable bonds is 8. The molecule has 3 rings (SSSR count). The molecule has 0 unspecified atom stereocenters. The summed E-state index contributed by atoms with van der Waals surface area (Å²) < 4.78 is 31.5. The normalized spacial score (nSPS) is 18.2. The van der Waals surface area contributed by atoms with Crippen molar-refractivity contribution in [3.05, 3.63) is 59.2 Å². The first kappa shape index (κ1) is 19.8. The molecule has 0 radical (unpaired) electrons. The zero-order valence-corrected chi connectivity index (χ0v) is 15.3. The summed E-state index contributed by atoms with van der Waals surface area (Å²) in [6.07, 6.45) is 2.08. The highest BCUT2D eigenvalue weighted by Crippen LogP contribution is 2.41. The average molecular weight is 389 g/mol. The Labute approximate surface area is 161 Å². The Hall–Kier alpha value is -3.00. The molecule has 2 atom stereocenters. The van der Waals surface area contributed by atoms with Gasteiger partial charge in [-0.3, -0.25) is 4.79 Å². The van der Waals surface area contributed by atoms with E-state index in [0.29, 0.717) is 23.5 Å². The lowest BCUT2D eigenvalue weighted by Gasteiger charge is -2.07. The van der Waals surface area contributed by atoms with Crippen LogP contribution in [-0.2, 0) is 4.79 Å². The summed E-state index contributed by atoms with van der Waals surface area (Å²) >= 11 is 0. The highest BCUT2D eigenvalue weighted by molar-refractivity contribution is 5.86. The second-order valence-electron chi connectivity index (χ2n) is 6.42. The van der Waals surface area contributed by atoms with E-state index < -0.39 is 11.6 Å². The van der Waals surface area contributed by atoms with Crippen molar-refractivity contribution in [2.24, 2.45) is 5.10 Å². The third kappa shape index (κ3) is 4.83. The first-order chi connectivity index (χ1) is 13.5. The summed E-state index contributed by atoms with van der Waals surface area (Å²) in [6, 6.07) is 8.87. The van der Waals surface area contributed by atoms with Gasteiger partial charge in [0.2, 0.25) is 0 Å². The third-order valence-electron chi connectivity index (χ3n) is 4.41. The van der Waals surface area contributed by atoms with Crippen molar-refractivity contribution in [3.63, 3.8) is 0 Å². The molecule has 6 nitrogen and oxygen atoms in total. The van der Waals surface area contributed by atoms with Crippen molar-refractivity contribution in [3.8, 4) is 11.5 Å². The fourth-order valence-corrected chi connectivity index (χ4v) is 2.88. The van der Waals surface area contributed by atoms with E-state index in [9.17, 15) is 18.7 Å². The van der Waals surface area contributed by atoms with Crippen molar-refractivity contribution in [1.82, 2.24) is 10.7 Å². The van der Waals surface area contributed by atoms with Crippen LogP contribution in [0.25, 0.3) is 0 Å². The largest absolute Gasteiger partial charge is 0.504 e. The quantitative estimate of drug-likeness (QED) is 0.479. The number of amides is 1. The Balaban J connectivity index is 1.45. The van der Waals surface area contributed by atoms with Crippen molar-refractivity contribution >= 4 is 12.1 Å². The van der Waals surface area contributed by atoms with E-state index in [-0.39, 0.29) is 30.2 Å². The number of aromatic hydroxyl groups is 1. The minimum atomic E-state index is -0.871. The van der Waals surface area contributed by atoms with E-state index >= 15 is 0 Å². The number of benzene rings is 2. The summed E-state index contributed by atoms with van der Waals surface area (Å²) in [6.45, 7) is 2.26. The van der Waals surface area contributed by atoms with Crippen molar-refractivity contribution in [2.75, 3.05) is 13.2 Å². The number of phenols is 1. The number of hydrazone groups is 1. The van der Waals surface area contributed by atoms with Crippen LogP contribution in [0.5, 0.6) is 11.5 Å². The summed E-state index contributed by atoms with van der Waals surface area (Å²) in [5.41, 5.74) is 3.49. The van der Waals surface area contributed by atoms with Crippen LogP contribution in [0.15, 0.2) is 41.5 Å². The zero-order valence-electron chi connectivity index (χ0n) is 15.3. The Morgan fingerprint density at radius 1 is 1.32 bits per heavy atom. The van der Waals surface area contributed by atoms with Crippen LogP contribution in [-0.4, -0.2) is 36.4 Å². The third-order valence-corrected chi connectivity index (χ3v) is 4.41. The maximum absolute atomic E-state index is 13.3. The second-order valence-corrected chi connectivity index (χ2v) is 6.42. The number of carbonyl (C=O) groups is 1. The molecule has 1 saturated carbocycles. The first-order valence-electron chi connectivity index (χ1n) is 8.94. The van der Waals surface area contributed by atoms with Gasteiger partial charge in [0.15, 0.2) is 23.1 Å². The lowest BCUT2D eigenvalue weighted by atomic mass is 10.1. The minimum absolute atomic E-state index is 0.0338. The Kier molecular flexibility index (Phi) is 6.20. The zero-order chi connectivity index (χ0) is 20.1. The summed E-state index contributed by atoms with van der Waals surface area (Å²) in [4.78, 5) is 11.9. The van der Waals surface area contributed by atoms with Crippen LogP contribution < -0.4 is 15.5 Å². The van der Waals surface area contributed by atoms with E-state index in [2.05, 4.69) is 15.8 Å². The van der Waals surface area contributed by atoms with Gasteiger partial charge >= 0.3 is 0 Å². The molecule has 28 heavy (non-hydrogen) atoms. The number of nitrogens with zero attached hydrogens (tertiary/aromatic N) is 1. The average Bonchev–Trinajstić information content (AvgIpc) is 3.45. The molecule has 0 heterocycles. The molecule has 0 aliphatic heterocycles. The number of nitrogens with one attached hydrogen (secondary N) is 2. The SMILES string of the molecule is CCOc1cccc(/C=N/NC(=O)CN[C@@H]2C[C@H]2c2ccc(F)c(F)c2)c1O. The lowest BCUT2D eigenvalue weighted by Crippen LogP contribution is -2.32. The molecule has 148 valence electrons. The van der Waals surface area contributed by atoms with Gasteiger partial charge in [0.05, 0.1) is 19.4 Å². The van der Waals surface area contributed by atoms with E-state index in [0.717, 1.165) is 12.5 Å². The molecule has 8 heteroatoms. The molecule has 0 spiro atoms. The Morgan fingerprint density at radius 2 is 2.14 bits per heavy atom. The summed E-state index contributed by atoms with van der Waals surface area (Å²) in [5, 5.41) is 16.9. The molecule has 1 amide bonds. The fourth-order valence-electron chi connectivity index (χ4n) is 2.88. The molecule has 3 N–H and O–H groups in total. The molecule has 2 aromatic rings. The smallest absolute Gasteiger partial charge is 0.254 e. The second kappa shape index (κ2) is 8.79. The predicted molar refractivity (Wildman–Crippen MR) is 101 cm³/mol. The number of carbonyl (C=O) groups excluding carboxylic acids is 1. The van der Waals surface area contributed by atoms with Gasteiger partial charge in [0.1, 0.15) is 0 Å². The molecular weight excluding hydrogens is 368 g/mol. The summed E-state index contributed by atoms with van der Waals surface area (Å²) in [7, 11) is 0. The summed E-state index contributed by atoms with van der Waals surface area (Å²) in [5.74, 6) is -1.74. The van der Waals surface area contributed by atoms with Gasteiger partial charge in [0, 0.05) is 17.5 Å². The van der Waals surface area contributed by atoms with E-state index in [1.807, 2.05) is 6.92 Å². The molecule has 0 bridgehead atoms.